The van der Waals surface area contributed by atoms with Crippen molar-refractivity contribution in [1.29, 1.82) is 0 Å². The molecule has 0 aromatic rings. The average molecular weight is 673 g/mol. The van der Waals surface area contributed by atoms with Gasteiger partial charge in [-0.15, -0.1) is 0 Å². The third-order valence-corrected chi connectivity index (χ3v) is 16.0. The average Bonchev–Trinajstić information content (AvgIpc) is 3.84. The van der Waals surface area contributed by atoms with E-state index in [0.29, 0.717) is 12.3 Å². The van der Waals surface area contributed by atoms with Crippen LogP contribution in [-0.4, -0.2) is 94.3 Å². The molecule has 9 rings (SSSR count). The molecule has 4 heterocycles. The fourth-order valence-corrected chi connectivity index (χ4v) is 13.7. The molecule has 0 aromatic carbocycles. The Labute approximate surface area is 282 Å². The highest BCUT2D eigenvalue weighted by atomic mass is 16.8. The molecule has 0 radical (unpaired) electrons. The van der Waals surface area contributed by atoms with E-state index in [4.69, 9.17) is 28.4 Å². The summed E-state index contributed by atoms with van der Waals surface area (Å²) >= 11 is 0. The molecule has 11 heteroatoms. The zero-order valence-corrected chi connectivity index (χ0v) is 29.2. The summed E-state index contributed by atoms with van der Waals surface area (Å²) in [5.74, 6) is -1.13. The van der Waals surface area contributed by atoms with Gasteiger partial charge in [0.15, 0.2) is 18.0 Å². The van der Waals surface area contributed by atoms with Crippen LogP contribution in [0.25, 0.3) is 0 Å². The Kier molecular flexibility index (Phi) is 6.35. The van der Waals surface area contributed by atoms with Crippen LogP contribution in [0.1, 0.15) is 93.4 Å². The van der Waals surface area contributed by atoms with Crippen molar-refractivity contribution in [2.75, 3.05) is 6.61 Å². The highest BCUT2D eigenvalue weighted by molar-refractivity contribution is 5.86. The molecule has 266 valence electrons. The number of aliphatic hydroxyl groups excluding tert-OH is 3. The third-order valence-electron chi connectivity index (χ3n) is 16.0. The number of aliphatic hydroxyl groups is 3. The van der Waals surface area contributed by atoms with Gasteiger partial charge in [0.1, 0.15) is 24.4 Å². The number of hydrogen-bond acceptors (Lipinski definition) is 11. The fraction of sp³-hybridized carbons (Fsp3) is 0.892. The van der Waals surface area contributed by atoms with Crippen LogP contribution >= 0.6 is 0 Å². The number of fused-ring (bicyclic) bond motifs is 6. The van der Waals surface area contributed by atoms with Crippen LogP contribution in [0.5, 0.6) is 0 Å². The summed E-state index contributed by atoms with van der Waals surface area (Å²) in [7, 11) is 0. The maximum Gasteiger partial charge on any atom is 0.343 e. The van der Waals surface area contributed by atoms with Crippen LogP contribution in [0.4, 0.5) is 0 Å². The van der Waals surface area contributed by atoms with Gasteiger partial charge < -0.3 is 43.7 Å². The van der Waals surface area contributed by atoms with Crippen molar-refractivity contribution in [3.05, 3.63) is 11.6 Å². The Morgan fingerprint density at radius 2 is 1.75 bits per heavy atom. The molecule has 0 unspecified atom stereocenters. The van der Waals surface area contributed by atoms with Crippen molar-refractivity contribution in [3.63, 3.8) is 0 Å². The largest absolute Gasteiger partial charge is 0.462 e. The Hall–Kier alpha value is -1.60. The third kappa shape index (κ3) is 3.60. The Morgan fingerprint density at radius 1 is 1.00 bits per heavy atom. The molecule has 11 nitrogen and oxygen atoms in total. The molecule has 9 aliphatic rings. The van der Waals surface area contributed by atoms with Crippen LogP contribution in [0.3, 0.4) is 0 Å². The number of rotatable bonds is 3. The van der Waals surface area contributed by atoms with Crippen molar-refractivity contribution < 1.29 is 53.3 Å². The van der Waals surface area contributed by atoms with Crippen molar-refractivity contribution >= 4 is 11.9 Å². The van der Waals surface area contributed by atoms with Crippen molar-refractivity contribution in [2.45, 2.75) is 154 Å². The molecule has 8 fully saturated rings. The minimum atomic E-state index is -1.33. The Balaban J connectivity index is 1.06. The first-order valence-electron chi connectivity index (χ1n) is 18.2. The maximum atomic E-state index is 12.9. The van der Waals surface area contributed by atoms with Crippen molar-refractivity contribution in [3.8, 4) is 0 Å². The number of esters is 2. The SMILES string of the molecule is CC(=O)O[C@@H]1C[C@@]23C[C@@]24CC[C@H](O[C@@H]2OC[C@@H](O)[C@H](O)[C@H]2O)C(C)(C)[C@@H]4CC=C3[C@]2(C)C[C@@H]3O[C@]4(C[C@@H](C)[C@@H]3[C@@]12C)OC(=O)[C@@]1(C)O[C@@H]41. The van der Waals surface area contributed by atoms with Crippen molar-refractivity contribution in [1.82, 2.24) is 0 Å². The van der Waals surface area contributed by atoms with Crippen LogP contribution in [0.15, 0.2) is 11.6 Å². The van der Waals surface area contributed by atoms with E-state index in [-0.39, 0.29) is 75.8 Å². The lowest BCUT2D eigenvalue weighted by Crippen LogP contribution is -2.61. The minimum absolute atomic E-state index is 0.0248. The molecule has 0 aromatic heterocycles. The number of epoxide rings is 1. The van der Waals surface area contributed by atoms with E-state index in [9.17, 15) is 24.9 Å². The normalized spacial score (nSPS) is 59.9. The monoisotopic (exact) mass is 672 g/mol. The van der Waals surface area contributed by atoms with Gasteiger partial charge in [0.2, 0.25) is 5.79 Å². The zero-order valence-electron chi connectivity index (χ0n) is 29.2. The molecule has 17 atom stereocenters. The van der Waals surface area contributed by atoms with Crippen LogP contribution < -0.4 is 0 Å². The van der Waals surface area contributed by atoms with Gasteiger partial charge >= 0.3 is 11.9 Å². The summed E-state index contributed by atoms with van der Waals surface area (Å²) in [6.07, 6.45) is 2.36. The van der Waals surface area contributed by atoms with E-state index in [0.717, 1.165) is 38.5 Å². The quantitative estimate of drug-likeness (QED) is 0.230. The summed E-state index contributed by atoms with van der Waals surface area (Å²) < 4.78 is 37.4. The van der Waals surface area contributed by atoms with Gasteiger partial charge in [-0.2, -0.15) is 0 Å². The molecule has 4 aliphatic heterocycles. The number of carbonyl (C=O) groups excluding carboxylic acids is 2. The summed E-state index contributed by atoms with van der Waals surface area (Å²) in [5.41, 5.74) is -0.481. The number of ether oxygens (including phenoxy) is 6. The number of allylic oxidation sites excluding steroid dienone is 2. The van der Waals surface area contributed by atoms with Crippen LogP contribution in [0, 0.1) is 44.8 Å². The molecule has 0 amide bonds. The lowest BCUT2D eigenvalue weighted by Gasteiger charge is -2.62. The number of hydrogen-bond donors (Lipinski definition) is 3. The Bertz CT molecular complexity index is 1490. The summed E-state index contributed by atoms with van der Waals surface area (Å²) in [6.45, 7) is 14.7. The van der Waals surface area contributed by atoms with E-state index in [1.807, 2.05) is 0 Å². The van der Waals surface area contributed by atoms with Gasteiger partial charge in [0.25, 0.3) is 0 Å². The molecule has 48 heavy (non-hydrogen) atoms. The molecule has 3 N–H and O–H groups in total. The van der Waals surface area contributed by atoms with Gasteiger partial charge in [-0.1, -0.05) is 46.3 Å². The second kappa shape index (κ2) is 9.43. The molecule has 4 saturated carbocycles. The van der Waals surface area contributed by atoms with Gasteiger partial charge in [-0.05, 0) is 74.0 Å². The van der Waals surface area contributed by atoms with Gasteiger partial charge in [-0.3, -0.25) is 4.79 Å². The first kappa shape index (κ1) is 32.3. The summed E-state index contributed by atoms with van der Waals surface area (Å²) in [6, 6.07) is 0. The lowest BCUT2D eigenvalue weighted by molar-refractivity contribution is -0.301. The molecular weight excluding hydrogens is 620 g/mol. The van der Waals surface area contributed by atoms with E-state index in [1.165, 1.54) is 12.5 Å². The van der Waals surface area contributed by atoms with Crippen molar-refractivity contribution in [2.24, 2.45) is 44.8 Å². The predicted molar refractivity (Wildman–Crippen MR) is 167 cm³/mol. The zero-order chi connectivity index (χ0) is 34.2. The standard InChI is InChI=1S/C37H52O11/c1-17-12-37(29-34(7,47-29)30(42)48-37)46-20-13-32(5)22-9-8-21-31(3,4)23(45-28-27(41)26(40)19(39)15-43-28)10-11-35(21)16-36(22,35)14-24(44-18(2)38)33(32,6)25(17)20/h9,17,19-21,23-29,39-41H,8,10-16H2,1-7H3/t17-,19-,20+,21+,23+,24-,25+,26+,27-,28+,29-,32+,33-,34+,35-,36+,37-/m1/s1. The van der Waals surface area contributed by atoms with E-state index < -0.39 is 42.1 Å². The van der Waals surface area contributed by atoms with E-state index >= 15 is 0 Å². The fourth-order valence-electron chi connectivity index (χ4n) is 13.7. The lowest BCUT2D eigenvalue weighted by atomic mass is 9.44. The molecule has 5 aliphatic carbocycles. The van der Waals surface area contributed by atoms with E-state index in [2.05, 4.69) is 40.7 Å². The predicted octanol–water partition coefficient (Wildman–Crippen LogP) is 3.16. The highest BCUT2D eigenvalue weighted by Gasteiger charge is 2.86. The first-order valence-corrected chi connectivity index (χ1v) is 18.2. The first-order chi connectivity index (χ1) is 22.4. The molecular formula is C37H52O11. The van der Waals surface area contributed by atoms with Crippen LogP contribution in [0.2, 0.25) is 0 Å². The molecule has 0 bridgehead atoms. The minimum Gasteiger partial charge on any atom is -0.462 e. The van der Waals surface area contributed by atoms with E-state index in [1.54, 1.807) is 6.92 Å². The number of carbonyl (C=O) groups is 2. The smallest absolute Gasteiger partial charge is 0.343 e. The molecule has 4 saturated heterocycles. The topological polar surface area (TPSA) is 154 Å². The van der Waals surface area contributed by atoms with Crippen LogP contribution in [-0.2, 0) is 38.0 Å². The maximum absolute atomic E-state index is 12.9. The second-order valence-corrected chi connectivity index (χ2v) is 18.3. The highest BCUT2D eigenvalue weighted by Crippen LogP contribution is 2.88. The second-order valence-electron chi connectivity index (χ2n) is 18.3. The summed E-state index contributed by atoms with van der Waals surface area (Å²) in [4.78, 5) is 25.7. The molecule has 3 spiro atoms. The summed E-state index contributed by atoms with van der Waals surface area (Å²) in [5, 5.41) is 30.9. The van der Waals surface area contributed by atoms with Gasteiger partial charge in [0.05, 0.1) is 18.8 Å². The van der Waals surface area contributed by atoms with Gasteiger partial charge in [0, 0.05) is 29.6 Å². The van der Waals surface area contributed by atoms with Gasteiger partial charge in [-0.25, -0.2) is 4.79 Å². The Morgan fingerprint density at radius 3 is 2.42 bits per heavy atom.